The first-order valence-electron chi connectivity index (χ1n) is 7.91. The summed E-state index contributed by atoms with van der Waals surface area (Å²) < 4.78 is 14.4. The Hall–Kier alpha value is -2.69. The fourth-order valence-corrected chi connectivity index (χ4v) is 2.91. The average Bonchev–Trinajstić information content (AvgIpc) is 2.62. The highest BCUT2D eigenvalue weighted by Gasteiger charge is 2.32. The van der Waals surface area contributed by atoms with Crippen molar-refractivity contribution in [1.29, 1.82) is 0 Å². The summed E-state index contributed by atoms with van der Waals surface area (Å²) >= 11 is 0. The van der Waals surface area contributed by atoms with Crippen LogP contribution in [-0.4, -0.2) is 36.3 Å². The molecular weight excluding hydrogens is 307 g/mol. The zero-order valence-corrected chi connectivity index (χ0v) is 13.5. The average molecular weight is 326 g/mol. The van der Waals surface area contributed by atoms with Gasteiger partial charge in [-0.25, -0.2) is 4.39 Å². The molecule has 3 rings (SSSR count). The molecule has 0 N–H and O–H groups in total. The fourth-order valence-electron chi connectivity index (χ4n) is 2.91. The standard InChI is InChI=1S/C19H19FN2O2/c1-14-7-5-6-10-16(14)22-12-11-21(13-17(22)23)19(24)18(20)15-8-3-2-4-9-15/h2-10,18H,11-13H2,1H3/t18-/m1/s1. The Morgan fingerprint density at radius 2 is 1.71 bits per heavy atom. The van der Waals surface area contributed by atoms with Crippen LogP contribution in [0.2, 0.25) is 0 Å². The maximum atomic E-state index is 14.4. The molecule has 0 bridgehead atoms. The third-order valence-electron chi connectivity index (χ3n) is 4.25. The minimum Gasteiger partial charge on any atom is -0.329 e. The maximum absolute atomic E-state index is 14.4. The first-order valence-corrected chi connectivity index (χ1v) is 7.91. The Kier molecular flexibility index (Phi) is 4.60. The zero-order chi connectivity index (χ0) is 17.1. The van der Waals surface area contributed by atoms with Crippen LogP contribution < -0.4 is 4.90 Å². The van der Waals surface area contributed by atoms with Crippen molar-refractivity contribution >= 4 is 17.5 Å². The summed E-state index contributed by atoms with van der Waals surface area (Å²) in [5, 5.41) is 0. The van der Waals surface area contributed by atoms with Crippen LogP contribution in [0.1, 0.15) is 17.3 Å². The van der Waals surface area contributed by atoms with Crippen molar-refractivity contribution in [3.63, 3.8) is 0 Å². The van der Waals surface area contributed by atoms with Crippen LogP contribution in [0.25, 0.3) is 0 Å². The number of rotatable bonds is 3. The number of benzene rings is 2. The molecule has 1 heterocycles. The second-order valence-corrected chi connectivity index (χ2v) is 5.86. The van der Waals surface area contributed by atoms with Crippen LogP contribution in [0.15, 0.2) is 54.6 Å². The normalized spacial score (nSPS) is 16.2. The SMILES string of the molecule is Cc1ccccc1N1CCN(C(=O)[C@H](F)c2ccccc2)CC1=O. The summed E-state index contributed by atoms with van der Waals surface area (Å²) in [6, 6.07) is 15.9. The lowest BCUT2D eigenvalue weighted by Gasteiger charge is -2.35. The molecule has 2 aromatic carbocycles. The molecule has 2 amide bonds. The number of carbonyl (C=O) groups excluding carboxylic acids is 2. The van der Waals surface area contributed by atoms with Gasteiger partial charge in [-0.15, -0.1) is 0 Å². The molecule has 0 radical (unpaired) electrons. The molecule has 1 aliphatic rings. The van der Waals surface area contributed by atoms with Crippen molar-refractivity contribution in [3.8, 4) is 0 Å². The van der Waals surface area contributed by atoms with E-state index in [1.54, 1.807) is 35.2 Å². The lowest BCUT2D eigenvalue weighted by molar-refractivity contribution is -0.141. The summed E-state index contributed by atoms with van der Waals surface area (Å²) in [4.78, 5) is 27.7. The van der Waals surface area contributed by atoms with E-state index >= 15 is 0 Å². The summed E-state index contributed by atoms with van der Waals surface area (Å²) in [5.41, 5.74) is 2.16. The number of hydrogen-bond donors (Lipinski definition) is 0. The number of halogens is 1. The van der Waals surface area contributed by atoms with Gasteiger partial charge in [0.15, 0.2) is 0 Å². The van der Waals surface area contributed by atoms with Gasteiger partial charge >= 0.3 is 0 Å². The monoisotopic (exact) mass is 326 g/mol. The lowest BCUT2D eigenvalue weighted by atomic mass is 10.1. The Bertz CT molecular complexity index is 748. The largest absolute Gasteiger partial charge is 0.329 e. The van der Waals surface area contributed by atoms with Gasteiger partial charge in [0.2, 0.25) is 12.1 Å². The number of carbonyl (C=O) groups is 2. The molecule has 4 nitrogen and oxygen atoms in total. The summed E-state index contributed by atoms with van der Waals surface area (Å²) in [6.45, 7) is 2.54. The number of aryl methyl sites for hydroxylation is 1. The summed E-state index contributed by atoms with van der Waals surface area (Å²) in [6.07, 6.45) is -1.73. The van der Waals surface area contributed by atoms with Crippen molar-refractivity contribution < 1.29 is 14.0 Å². The van der Waals surface area contributed by atoms with Gasteiger partial charge in [-0.05, 0) is 24.1 Å². The van der Waals surface area contributed by atoms with E-state index in [2.05, 4.69) is 0 Å². The lowest BCUT2D eigenvalue weighted by Crippen LogP contribution is -2.53. The third-order valence-corrected chi connectivity index (χ3v) is 4.25. The predicted molar refractivity (Wildman–Crippen MR) is 90.4 cm³/mol. The van der Waals surface area contributed by atoms with Gasteiger partial charge < -0.3 is 9.80 Å². The third kappa shape index (κ3) is 3.15. The molecule has 0 saturated carbocycles. The molecule has 124 valence electrons. The molecule has 0 unspecified atom stereocenters. The van der Waals surface area contributed by atoms with Gasteiger partial charge in [-0.3, -0.25) is 9.59 Å². The summed E-state index contributed by atoms with van der Waals surface area (Å²) in [7, 11) is 0. The van der Waals surface area contributed by atoms with Crippen molar-refractivity contribution in [2.24, 2.45) is 0 Å². The highest BCUT2D eigenvalue weighted by Crippen LogP contribution is 2.24. The molecule has 1 atom stereocenters. The van der Waals surface area contributed by atoms with Crippen LogP contribution in [0, 0.1) is 6.92 Å². The van der Waals surface area contributed by atoms with Crippen LogP contribution in [0.3, 0.4) is 0 Å². The van der Waals surface area contributed by atoms with Crippen LogP contribution in [0.5, 0.6) is 0 Å². The van der Waals surface area contributed by atoms with Crippen molar-refractivity contribution in [3.05, 3.63) is 65.7 Å². The number of piperazine rings is 1. The topological polar surface area (TPSA) is 40.6 Å². The van der Waals surface area contributed by atoms with E-state index in [4.69, 9.17) is 0 Å². The second-order valence-electron chi connectivity index (χ2n) is 5.86. The number of alkyl halides is 1. The zero-order valence-electron chi connectivity index (χ0n) is 13.5. The van der Waals surface area contributed by atoms with Crippen LogP contribution in [0.4, 0.5) is 10.1 Å². The quantitative estimate of drug-likeness (QED) is 0.870. The molecule has 2 aromatic rings. The van der Waals surface area contributed by atoms with Gasteiger partial charge in [0.25, 0.3) is 5.91 Å². The van der Waals surface area contributed by atoms with Gasteiger partial charge in [-0.1, -0.05) is 48.5 Å². The molecule has 0 spiro atoms. The van der Waals surface area contributed by atoms with E-state index in [-0.39, 0.29) is 12.5 Å². The highest BCUT2D eigenvalue weighted by atomic mass is 19.1. The Morgan fingerprint density at radius 1 is 1.04 bits per heavy atom. The number of amides is 2. The number of hydrogen-bond acceptors (Lipinski definition) is 2. The van der Waals surface area contributed by atoms with E-state index in [1.807, 2.05) is 31.2 Å². The second kappa shape index (κ2) is 6.83. The molecule has 1 aliphatic heterocycles. The molecule has 1 fully saturated rings. The first kappa shape index (κ1) is 16.2. The Balaban J connectivity index is 1.70. The van der Waals surface area contributed by atoms with Crippen LogP contribution >= 0.6 is 0 Å². The van der Waals surface area contributed by atoms with Gasteiger partial charge in [-0.2, -0.15) is 0 Å². The van der Waals surface area contributed by atoms with Crippen molar-refractivity contribution in [2.45, 2.75) is 13.1 Å². The molecule has 0 aliphatic carbocycles. The fraction of sp³-hybridized carbons (Fsp3) is 0.263. The van der Waals surface area contributed by atoms with Gasteiger partial charge in [0.1, 0.15) is 6.54 Å². The van der Waals surface area contributed by atoms with Gasteiger partial charge in [0, 0.05) is 18.8 Å². The number of nitrogens with zero attached hydrogens (tertiary/aromatic N) is 2. The van der Waals surface area contributed by atoms with Crippen LogP contribution in [-0.2, 0) is 9.59 Å². The van der Waals surface area contributed by atoms with E-state index in [9.17, 15) is 14.0 Å². The molecule has 5 heteroatoms. The molecule has 1 saturated heterocycles. The van der Waals surface area contributed by atoms with Crippen molar-refractivity contribution in [1.82, 2.24) is 4.90 Å². The molecular formula is C19H19FN2O2. The number of para-hydroxylation sites is 1. The smallest absolute Gasteiger partial charge is 0.262 e. The number of anilines is 1. The van der Waals surface area contributed by atoms with E-state index in [0.29, 0.717) is 18.7 Å². The van der Waals surface area contributed by atoms with Crippen molar-refractivity contribution in [2.75, 3.05) is 24.5 Å². The van der Waals surface area contributed by atoms with E-state index in [1.165, 1.54) is 4.90 Å². The Morgan fingerprint density at radius 3 is 2.38 bits per heavy atom. The van der Waals surface area contributed by atoms with Gasteiger partial charge in [0.05, 0.1) is 0 Å². The first-order chi connectivity index (χ1) is 11.6. The Labute approximate surface area is 140 Å². The molecule has 0 aromatic heterocycles. The van der Waals surface area contributed by atoms with E-state index in [0.717, 1.165) is 11.3 Å². The minimum absolute atomic E-state index is 0.0968. The highest BCUT2D eigenvalue weighted by molar-refractivity contribution is 5.99. The minimum atomic E-state index is -1.73. The summed E-state index contributed by atoms with van der Waals surface area (Å²) in [5.74, 6) is -0.844. The maximum Gasteiger partial charge on any atom is 0.262 e. The van der Waals surface area contributed by atoms with E-state index < -0.39 is 12.1 Å². The predicted octanol–water partition coefficient (Wildman–Crippen LogP) is 2.88. The molecule has 24 heavy (non-hydrogen) atoms.